The molecule has 1 atom stereocenters. The molecular formula is C48H52FN13O2. The van der Waals surface area contributed by atoms with Crippen LogP contribution in [-0.4, -0.2) is 94.3 Å². The number of pyridine rings is 1. The number of nitriles is 1. The number of likely N-dealkylation sites (tertiary alicyclic amines) is 1. The molecule has 0 unspecified atom stereocenters. The van der Waals surface area contributed by atoms with Crippen molar-refractivity contribution in [3.8, 4) is 28.6 Å². The molecule has 328 valence electrons. The molecule has 15 nitrogen and oxygen atoms in total. The highest BCUT2D eigenvalue weighted by atomic mass is 19.1. The van der Waals surface area contributed by atoms with E-state index in [2.05, 4.69) is 59.4 Å². The number of hydrogen-bond acceptors (Lipinski definition) is 12. The molecule has 0 bridgehead atoms. The first kappa shape index (κ1) is 41.4. The summed E-state index contributed by atoms with van der Waals surface area (Å²) in [7, 11) is 0. The van der Waals surface area contributed by atoms with Gasteiger partial charge in [-0.05, 0) is 119 Å². The van der Waals surface area contributed by atoms with Gasteiger partial charge in [0.25, 0.3) is 0 Å². The van der Waals surface area contributed by atoms with Crippen molar-refractivity contribution < 1.29 is 14.0 Å². The van der Waals surface area contributed by atoms with E-state index in [1.807, 2.05) is 61.3 Å². The van der Waals surface area contributed by atoms with Gasteiger partial charge in [0.05, 0.1) is 36.0 Å². The van der Waals surface area contributed by atoms with Crippen LogP contribution in [-0.2, 0) is 15.0 Å². The molecule has 1 aromatic carbocycles. The lowest BCUT2D eigenvalue weighted by molar-refractivity contribution is -0.133. The smallest absolute Gasteiger partial charge is 0.249 e. The number of piperidine rings is 3. The number of rotatable bonds is 10. The number of imide groups is 1. The summed E-state index contributed by atoms with van der Waals surface area (Å²) in [6, 6.07) is 13.6. The van der Waals surface area contributed by atoms with E-state index in [9.17, 15) is 14.9 Å². The molecule has 16 heteroatoms. The molecule has 5 aromatic heterocycles. The molecule has 0 spiro atoms. The van der Waals surface area contributed by atoms with E-state index in [1.165, 1.54) is 6.07 Å². The molecule has 3 saturated heterocycles. The standard InChI is InChI=1S/C48H52FN13O2/c1-2-48(47-51-18-3-19-52-47)16-22-60(23-17-48)42-12-4-32(26-53-42)44-45-33(25-50)27-55-62(45)30-41(57-44)34-28-54-61(29-34)37-8-6-36(7-9-37)59-20-14-31(15-21-59)38-10-5-35(24-39(38)49)56-40-11-13-43(63)58-46(40)64/h3-5,10,12,18-19,24,26-31,36-37,40,56H,2,6-9,11,13-17,20-23H2,1H3,(H,58,63,64)/t36?,37?,40-/m0/s1. The molecule has 1 saturated carbocycles. The number of amides is 2. The topological polar surface area (TPSA) is 175 Å². The quantitative estimate of drug-likeness (QED) is 0.135. The van der Waals surface area contributed by atoms with Gasteiger partial charge in [-0.3, -0.25) is 19.6 Å². The molecule has 2 amide bonds. The van der Waals surface area contributed by atoms with Gasteiger partial charge in [-0.25, -0.2) is 28.8 Å². The Kier molecular flexibility index (Phi) is 11.3. The summed E-state index contributed by atoms with van der Waals surface area (Å²) in [5.74, 6) is 1.09. The zero-order valence-electron chi connectivity index (χ0n) is 36.0. The van der Waals surface area contributed by atoms with Crippen molar-refractivity contribution in [1.82, 2.24) is 49.5 Å². The van der Waals surface area contributed by atoms with E-state index >= 15 is 4.39 Å². The Balaban J connectivity index is 0.765. The van der Waals surface area contributed by atoms with Crippen molar-refractivity contribution in [3.63, 3.8) is 0 Å². The number of fused-ring (bicyclic) bond motifs is 1. The summed E-state index contributed by atoms with van der Waals surface area (Å²) >= 11 is 0. The van der Waals surface area contributed by atoms with Crippen LogP contribution in [0.5, 0.6) is 0 Å². The van der Waals surface area contributed by atoms with Crippen LogP contribution in [0, 0.1) is 17.1 Å². The van der Waals surface area contributed by atoms with Crippen molar-refractivity contribution >= 4 is 28.8 Å². The second-order valence-electron chi connectivity index (χ2n) is 17.9. The average Bonchev–Trinajstić information content (AvgIpc) is 4.01. The number of aromatic nitrogens is 8. The third-order valence-corrected chi connectivity index (χ3v) is 14.4. The summed E-state index contributed by atoms with van der Waals surface area (Å²) in [5.41, 5.74) is 5.40. The highest BCUT2D eigenvalue weighted by molar-refractivity contribution is 6.01. The summed E-state index contributed by atoms with van der Waals surface area (Å²) in [4.78, 5) is 47.9. The van der Waals surface area contributed by atoms with E-state index in [4.69, 9.17) is 15.1 Å². The third-order valence-electron chi connectivity index (χ3n) is 14.4. The Morgan fingerprint density at radius 3 is 2.36 bits per heavy atom. The predicted octanol–water partition coefficient (Wildman–Crippen LogP) is 6.98. The first-order valence-corrected chi connectivity index (χ1v) is 22.7. The van der Waals surface area contributed by atoms with Crippen LogP contribution >= 0.6 is 0 Å². The minimum Gasteiger partial charge on any atom is -0.374 e. The lowest BCUT2D eigenvalue weighted by atomic mass is 9.75. The van der Waals surface area contributed by atoms with Gasteiger partial charge < -0.3 is 15.1 Å². The van der Waals surface area contributed by atoms with Crippen molar-refractivity contribution in [2.24, 2.45) is 0 Å². The molecular weight excluding hydrogens is 810 g/mol. The fraction of sp³-hybridized carbons (Fsp3) is 0.438. The lowest BCUT2D eigenvalue weighted by Gasteiger charge is -2.41. The maximum absolute atomic E-state index is 15.4. The Labute approximate surface area is 371 Å². The Morgan fingerprint density at radius 2 is 1.66 bits per heavy atom. The summed E-state index contributed by atoms with van der Waals surface area (Å²) in [6.07, 6.45) is 22.4. The van der Waals surface area contributed by atoms with Crippen LogP contribution in [0.2, 0.25) is 0 Å². The number of benzene rings is 1. The van der Waals surface area contributed by atoms with Gasteiger partial charge >= 0.3 is 0 Å². The number of carbonyl (C=O) groups is 2. The second-order valence-corrected chi connectivity index (χ2v) is 17.9. The Bertz CT molecular complexity index is 2690. The number of halogens is 1. The molecule has 0 radical (unpaired) electrons. The van der Waals surface area contributed by atoms with Gasteiger partial charge in [0, 0.05) is 72.6 Å². The van der Waals surface area contributed by atoms with Gasteiger partial charge in [0.1, 0.15) is 40.7 Å². The maximum Gasteiger partial charge on any atom is 0.249 e. The summed E-state index contributed by atoms with van der Waals surface area (Å²) in [5, 5.41) is 24.8. The minimum atomic E-state index is -0.544. The molecule has 6 aromatic rings. The Morgan fingerprint density at radius 1 is 0.875 bits per heavy atom. The van der Waals surface area contributed by atoms with E-state index in [0.717, 1.165) is 112 Å². The van der Waals surface area contributed by atoms with Crippen LogP contribution in [0.15, 0.2) is 79.8 Å². The normalized spacial score (nSPS) is 22.0. The molecule has 4 aliphatic rings. The van der Waals surface area contributed by atoms with Crippen molar-refractivity contribution in [2.45, 2.75) is 107 Å². The SMILES string of the molecule is CCC1(c2ncccn2)CCN(c2ccc(-c3nc(-c4cnn(C5CCC(N6CCC(c7ccc(N[C@H]8CCC(=O)NC8=O)cc7F)CC6)CC5)c4)cn4ncc(C#N)c34)cn2)CC1. The van der Waals surface area contributed by atoms with Gasteiger partial charge in [0.2, 0.25) is 11.8 Å². The molecule has 3 aliphatic heterocycles. The van der Waals surface area contributed by atoms with Crippen LogP contribution in [0.25, 0.3) is 28.0 Å². The fourth-order valence-electron chi connectivity index (χ4n) is 10.5. The monoisotopic (exact) mass is 861 g/mol. The van der Waals surface area contributed by atoms with Gasteiger partial charge in [-0.15, -0.1) is 0 Å². The first-order valence-electron chi connectivity index (χ1n) is 22.7. The molecule has 64 heavy (non-hydrogen) atoms. The first-order chi connectivity index (χ1) is 31.3. The van der Waals surface area contributed by atoms with Gasteiger partial charge in [-0.2, -0.15) is 15.5 Å². The number of carbonyl (C=O) groups excluding carboxylic acids is 2. The number of anilines is 2. The largest absolute Gasteiger partial charge is 0.374 e. The Hall–Kier alpha value is -6.60. The zero-order valence-corrected chi connectivity index (χ0v) is 36.0. The number of nitrogens with zero attached hydrogens (tertiary/aromatic N) is 11. The summed E-state index contributed by atoms with van der Waals surface area (Å²) in [6.45, 7) is 5.80. The highest BCUT2D eigenvalue weighted by Gasteiger charge is 2.38. The average molecular weight is 862 g/mol. The number of nitrogens with one attached hydrogen (secondary N) is 2. The molecule has 4 fully saturated rings. The third kappa shape index (κ3) is 8.09. The highest BCUT2D eigenvalue weighted by Crippen LogP contribution is 2.39. The van der Waals surface area contributed by atoms with Gasteiger partial charge in [-0.1, -0.05) is 13.0 Å². The van der Waals surface area contributed by atoms with Crippen LogP contribution in [0.1, 0.15) is 106 Å². The van der Waals surface area contributed by atoms with E-state index < -0.39 is 6.04 Å². The van der Waals surface area contributed by atoms with Crippen LogP contribution in [0.4, 0.5) is 15.9 Å². The predicted molar refractivity (Wildman–Crippen MR) is 239 cm³/mol. The van der Waals surface area contributed by atoms with E-state index in [0.29, 0.717) is 40.6 Å². The van der Waals surface area contributed by atoms with Gasteiger partial charge in [0.15, 0.2) is 0 Å². The van der Waals surface area contributed by atoms with E-state index in [1.54, 1.807) is 10.7 Å². The minimum absolute atomic E-state index is 0.0294. The molecule has 1 aliphatic carbocycles. The molecule has 8 heterocycles. The van der Waals surface area contributed by atoms with Crippen LogP contribution in [0.3, 0.4) is 0 Å². The van der Waals surface area contributed by atoms with Crippen LogP contribution < -0.4 is 15.5 Å². The summed E-state index contributed by atoms with van der Waals surface area (Å²) < 4.78 is 19.2. The van der Waals surface area contributed by atoms with Crippen molar-refractivity contribution in [1.29, 1.82) is 5.26 Å². The lowest BCUT2D eigenvalue weighted by Crippen LogP contribution is -2.47. The zero-order chi connectivity index (χ0) is 43.8. The second kappa shape index (κ2) is 17.5. The van der Waals surface area contributed by atoms with Crippen molar-refractivity contribution in [2.75, 3.05) is 36.4 Å². The van der Waals surface area contributed by atoms with E-state index in [-0.39, 0.29) is 41.4 Å². The molecule has 10 rings (SSSR count). The van der Waals surface area contributed by atoms with Crippen molar-refractivity contribution in [3.05, 3.63) is 103 Å². The maximum atomic E-state index is 15.4. The fourth-order valence-corrected chi connectivity index (χ4v) is 10.5. The number of hydrogen-bond donors (Lipinski definition) is 2. The molecule has 2 N–H and O–H groups in total.